The Morgan fingerprint density at radius 2 is 1.22 bits per heavy atom. The third-order valence-electron chi connectivity index (χ3n) is 6.81. The number of hydrogen-bond donors (Lipinski definition) is 0. The lowest BCUT2D eigenvalue weighted by atomic mass is 9.86. The van der Waals surface area contributed by atoms with Crippen LogP contribution in [0.25, 0.3) is 5.57 Å². The highest BCUT2D eigenvalue weighted by Crippen LogP contribution is 2.38. The predicted molar refractivity (Wildman–Crippen MR) is 119 cm³/mol. The molecule has 5 rings (SSSR count). The molecule has 37 heavy (non-hydrogen) atoms. The molecule has 0 saturated carbocycles. The molecule has 3 heterocycles. The second-order valence-electron chi connectivity index (χ2n) is 9.27. The zero-order valence-corrected chi connectivity index (χ0v) is 19.5. The zero-order chi connectivity index (χ0) is 26.4. The van der Waals surface area contributed by atoms with Crippen LogP contribution in [-0.4, -0.2) is 42.5 Å². The smallest absolute Gasteiger partial charge is 0.426 e. The molecule has 11 heteroatoms. The molecule has 0 bridgehead atoms. The lowest BCUT2D eigenvalue weighted by Gasteiger charge is -2.32. The molecular weight excluding hydrogens is 504 g/mol. The molecule has 0 N–H and O–H groups in total. The van der Waals surface area contributed by atoms with Gasteiger partial charge in [-0.3, -0.25) is 0 Å². The molecule has 1 amide bonds. The lowest BCUT2D eigenvalue weighted by Crippen LogP contribution is -2.49. The highest BCUT2D eigenvalue weighted by molar-refractivity contribution is 5.83. The molecule has 2 aromatic carbocycles. The van der Waals surface area contributed by atoms with E-state index in [0.717, 1.165) is 49.4 Å². The van der Waals surface area contributed by atoms with E-state index in [9.17, 15) is 31.1 Å². The van der Waals surface area contributed by atoms with Crippen LogP contribution in [0.5, 0.6) is 0 Å². The molecule has 0 unspecified atom stereocenters. The minimum atomic E-state index is -5.75. The average molecular weight is 527 g/mol. The van der Waals surface area contributed by atoms with E-state index in [1.807, 2.05) is 36.4 Å². The Morgan fingerprint density at radius 3 is 1.68 bits per heavy atom. The van der Waals surface area contributed by atoms with Crippen molar-refractivity contribution in [1.29, 1.82) is 0 Å². The van der Waals surface area contributed by atoms with Crippen molar-refractivity contribution in [2.45, 2.75) is 57.7 Å². The van der Waals surface area contributed by atoms with Crippen molar-refractivity contribution in [3.05, 3.63) is 75.4 Å². The summed E-state index contributed by atoms with van der Waals surface area (Å²) in [6.45, 7) is 1.91. The Bertz CT molecular complexity index is 1150. The molecule has 1 fully saturated rings. The lowest BCUT2D eigenvalue weighted by molar-refractivity contribution is -0.308. The minimum absolute atomic E-state index is 0.0673. The number of nitrogens with zero attached hydrogens (tertiary/aromatic N) is 1. The van der Waals surface area contributed by atoms with Gasteiger partial charge in [-0.15, -0.1) is 0 Å². The molecule has 0 atom stereocenters. The molecule has 0 aliphatic carbocycles. The van der Waals surface area contributed by atoms with Gasteiger partial charge in [-0.05, 0) is 63.9 Å². The van der Waals surface area contributed by atoms with Crippen molar-refractivity contribution in [2.75, 3.05) is 13.1 Å². The fraction of sp³-hybridized carbons (Fsp3) is 0.423. The number of hydrogen-bond acceptors (Lipinski definition) is 4. The second-order valence-corrected chi connectivity index (χ2v) is 9.27. The molecule has 3 aliphatic heterocycles. The van der Waals surface area contributed by atoms with E-state index in [0.29, 0.717) is 26.4 Å². The van der Waals surface area contributed by atoms with Gasteiger partial charge in [0.15, 0.2) is 0 Å². The number of ether oxygens (including phenoxy) is 3. The number of rotatable bonds is 3. The summed E-state index contributed by atoms with van der Waals surface area (Å²) < 4.78 is 91.9. The number of piperidine rings is 1. The fourth-order valence-electron chi connectivity index (χ4n) is 4.93. The normalized spacial score (nSPS) is 17.7. The topological polar surface area (TPSA) is 48.0 Å². The first-order valence-electron chi connectivity index (χ1n) is 11.7. The summed E-state index contributed by atoms with van der Waals surface area (Å²) in [5.74, 6) is 0. The van der Waals surface area contributed by atoms with Gasteiger partial charge in [0, 0.05) is 13.1 Å². The molecule has 0 radical (unpaired) electrons. The molecule has 198 valence electrons. The van der Waals surface area contributed by atoms with Crippen LogP contribution in [0.15, 0.2) is 42.0 Å². The Labute approximate surface area is 208 Å². The van der Waals surface area contributed by atoms with Crippen molar-refractivity contribution in [2.24, 2.45) is 0 Å². The molecule has 1 saturated heterocycles. The quantitative estimate of drug-likeness (QED) is 0.442. The van der Waals surface area contributed by atoms with Gasteiger partial charge in [-0.25, -0.2) is 4.79 Å². The summed E-state index contributed by atoms with van der Waals surface area (Å²) in [5.41, 5.74) is 8.06. The highest BCUT2D eigenvalue weighted by atomic mass is 19.4. The van der Waals surface area contributed by atoms with E-state index in [-0.39, 0.29) is 25.9 Å². The van der Waals surface area contributed by atoms with Gasteiger partial charge < -0.3 is 19.1 Å². The Balaban J connectivity index is 1.41. The van der Waals surface area contributed by atoms with Crippen LogP contribution in [0, 0.1) is 0 Å². The number of carbonyl (C=O) groups is 1. The van der Waals surface area contributed by atoms with Crippen molar-refractivity contribution in [1.82, 2.24) is 4.90 Å². The SMILES string of the molecule is O=C(OC(C(F)(F)F)C(F)(F)F)N1CCC(=C(c2ccc3c(c2)COC3)c2ccc3c(c2)COC3)CC1. The summed E-state index contributed by atoms with van der Waals surface area (Å²) in [4.78, 5) is 13.1. The van der Waals surface area contributed by atoms with Crippen LogP contribution in [0.2, 0.25) is 0 Å². The van der Waals surface area contributed by atoms with Crippen LogP contribution < -0.4 is 0 Å². The molecule has 0 aromatic heterocycles. The van der Waals surface area contributed by atoms with Crippen molar-refractivity contribution >= 4 is 11.7 Å². The van der Waals surface area contributed by atoms with E-state index in [4.69, 9.17) is 9.47 Å². The maximum atomic E-state index is 12.8. The average Bonchev–Trinajstić information content (AvgIpc) is 3.50. The van der Waals surface area contributed by atoms with Gasteiger partial charge in [0.25, 0.3) is 6.10 Å². The van der Waals surface area contributed by atoms with Crippen LogP contribution in [0.4, 0.5) is 31.1 Å². The monoisotopic (exact) mass is 527 g/mol. The first-order valence-corrected chi connectivity index (χ1v) is 11.7. The Hall–Kier alpha value is -3.05. The Morgan fingerprint density at radius 1 is 0.757 bits per heavy atom. The van der Waals surface area contributed by atoms with Gasteiger partial charge in [0.2, 0.25) is 0 Å². The van der Waals surface area contributed by atoms with Crippen LogP contribution >= 0.6 is 0 Å². The molecular formula is C26H23F6NO4. The van der Waals surface area contributed by atoms with Gasteiger partial charge in [0.1, 0.15) is 0 Å². The summed E-state index contributed by atoms with van der Waals surface area (Å²) in [5, 5.41) is 0. The maximum Gasteiger partial charge on any atom is 0.434 e. The van der Waals surface area contributed by atoms with Gasteiger partial charge in [-0.1, -0.05) is 29.8 Å². The van der Waals surface area contributed by atoms with E-state index in [2.05, 4.69) is 4.74 Å². The fourth-order valence-corrected chi connectivity index (χ4v) is 4.93. The predicted octanol–water partition coefficient (Wildman–Crippen LogP) is 6.27. The van der Waals surface area contributed by atoms with E-state index in [1.165, 1.54) is 0 Å². The summed E-state index contributed by atoms with van der Waals surface area (Å²) in [6.07, 6.45) is -16.8. The highest BCUT2D eigenvalue weighted by Gasteiger charge is 2.60. The van der Waals surface area contributed by atoms with E-state index >= 15 is 0 Å². The number of amides is 1. The first kappa shape index (κ1) is 25.6. The number of alkyl halides is 6. The minimum Gasteiger partial charge on any atom is -0.426 e. The summed E-state index contributed by atoms with van der Waals surface area (Å²) in [7, 11) is 0. The van der Waals surface area contributed by atoms with Crippen molar-refractivity contribution in [3.63, 3.8) is 0 Å². The largest absolute Gasteiger partial charge is 0.434 e. The van der Waals surface area contributed by atoms with E-state index in [1.54, 1.807) is 0 Å². The zero-order valence-electron chi connectivity index (χ0n) is 19.5. The van der Waals surface area contributed by atoms with Crippen molar-refractivity contribution in [3.8, 4) is 0 Å². The van der Waals surface area contributed by atoms with Crippen LogP contribution in [-0.2, 0) is 40.6 Å². The first-order chi connectivity index (χ1) is 17.5. The van der Waals surface area contributed by atoms with Gasteiger partial charge in [0.05, 0.1) is 26.4 Å². The molecule has 2 aromatic rings. The third-order valence-corrected chi connectivity index (χ3v) is 6.81. The van der Waals surface area contributed by atoms with Crippen LogP contribution in [0.3, 0.4) is 0 Å². The Kier molecular flexibility index (Phi) is 6.70. The number of carbonyl (C=O) groups excluding carboxylic acids is 1. The molecule has 0 spiro atoms. The molecule has 5 nitrogen and oxygen atoms in total. The number of halogens is 6. The standard InChI is InChI=1S/C26H23F6NO4/c27-25(28,29)23(26(30,31)32)37-24(34)33-7-5-15(6-8-33)22(16-1-3-18-11-35-13-20(18)9-16)17-2-4-19-12-36-14-21(19)10-17/h1-4,9-10,23H,5-8,11-14H2. The van der Waals surface area contributed by atoms with E-state index < -0.39 is 24.5 Å². The summed E-state index contributed by atoms with van der Waals surface area (Å²) >= 11 is 0. The summed E-state index contributed by atoms with van der Waals surface area (Å²) in [6, 6.07) is 12.1. The van der Waals surface area contributed by atoms with Gasteiger partial charge in [-0.2, -0.15) is 26.3 Å². The third kappa shape index (κ3) is 5.33. The van der Waals surface area contributed by atoms with Gasteiger partial charge >= 0.3 is 18.4 Å². The van der Waals surface area contributed by atoms with Crippen molar-refractivity contribution < 1.29 is 45.3 Å². The second kappa shape index (κ2) is 9.68. The van der Waals surface area contributed by atoms with Crippen LogP contribution in [0.1, 0.15) is 46.2 Å². The maximum absolute atomic E-state index is 12.8. The number of benzene rings is 2. The molecule has 3 aliphatic rings. The number of fused-ring (bicyclic) bond motifs is 2. The number of likely N-dealkylation sites (tertiary alicyclic amines) is 1.